The number of hydrogen-bond acceptors (Lipinski definition) is 8. The number of benzene rings is 1. The van der Waals surface area contributed by atoms with Crippen molar-refractivity contribution in [3.8, 4) is 10.4 Å². The van der Waals surface area contributed by atoms with Gasteiger partial charge in [0, 0.05) is 29.7 Å². The Morgan fingerprint density at radius 2 is 2.06 bits per heavy atom. The molecule has 3 N–H and O–H groups in total. The molecular formula is C26H26N4O3S2. The number of anilines is 2. The van der Waals surface area contributed by atoms with Crippen molar-refractivity contribution < 1.29 is 15.0 Å². The lowest BCUT2D eigenvalue weighted by Gasteiger charge is -2.38. The quantitative estimate of drug-likeness (QED) is 0.300. The van der Waals surface area contributed by atoms with Crippen molar-refractivity contribution in [3.05, 3.63) is 75.3 Å². The molecule has 0 amide bonds. The second-order valence-corrected chi connectivity index (χ2v) is 11.0. The molecule has 1 unspecified atom stereocenters. The predicted molar refractivity (Wildman–Crippen MR) is 138 cm³/mol. The van der Waals surface area contributed by atoms with E-state index in [0.29, 0.717) is 30.2 Å². The minimum absolute atomic E-state index is 0.242. The Bertz CT molecular complexity index is 1350. The van der Waals surface area contributed by atoms with Crippen LogP contribution >= 0.6 is 22.7 Å². The fourth-order valence-corrected chi connectivity index (χ4v) is 6.54. The van der Waals surface area contributed by atoms with Crippen LogP contribution in [0.3, 0.4) is 0 Å². The van der Waals surface area contributed by atoms with Gasteiger partial charge in [0.05, 0.1) is 10.8 Å². The number of rotatable bonds is 6. The van der Waals surface area contributed by atoms with Gasteiger partial charge in [-0.15, -0.1) is 11.3 Å². The molecule has 1 fully saturated rings. The first-order chi connectivity index (χ1) is 16.8. The number of nitrogens with one attached hydrogen (secondary N) is 1. The molecule has 5 rings (SSSR count). The summed E-state index contributed by atoms with van der Waals surface area (Å²) in [6.07, 6.45) is 4.65. The van der Waals surface area contributed by atoms with Gasteiger partial charge in [0.2, 0.25) is 5.95 Å². The predicted octanol–water partition coefficient (Wildman–Crippen LogP) is 5.88. The van der Waals surface area contributed by atoms with Gasteiger partial charge in [-0.2, -0.15) is 11.3 Å². The van der Waals surface area contributed by atoms with E-state index in [2.05, 4.69) is 26.3 Å². The van der Waals surface area contributed by atoms with Gasteiger partial charge in [-0.25, -0.2) is 15.0 Å². The SMILES string of the molecule is Cc1cc(Nc2nccc(C)n2)cc(-c2cnc(C3(O)CC[C@H](C(=O)O)[C@@H](c4ccsc4)C3)s2)c1. The highest BCUT2D eigenvalue weighted by molar-refractivity contribution is 7.15. The standard InChI is InChI=1S/C26H26N4O3S2/c1-15-9-18(11-19(10-15)30-25-27-7-4-16(2)29-25)22-13-28-24(35-22)26(33)6-3-20(23(31)32)21(12-26)17-5-8-34-14-17/h4-5,7-11,13-14,20-21,33H,3,6,12H2,1-2H3,(H,31,32)(H,27,29,30)/t20-,21+,26?/m0/s1. The number of carbonyl (C=O) groups is 1. The third kappa shape index (κ3) is 4.98. The highest BCUT2D eigenvalue weighted by atomic mass is 32.1. The first-order valence-corrected chi connectivity index (χ1v) is 13.2. The van der Waals surface area contributed by atoms with Gasteiger partial charge in [-0.05, 0) is 84.8 Å². The average Bonchev–Trinajstić information content (AvgIpc) is 3.51. The summed E-state index contributed by atoms with van der Waals surface area (Å²) in [6.45, 7) is 3.95. The lowest BCUT2D eigenvalue weighted by atomic mass is 9.69. The minimum Gasteiger partial charge on any atom is -0.481 e. The van der Waals surface area contributed by atoms with Crippen molar-refractivity contribution >= 4 is 40.3 Å². The minimum atomic E-state index is -1.15. The van der Waals surface area contributed by atoms with E-state index in [1.807, 2.05) is 48.9 Å². The second kappa shape index (κ2) is 9.49. The van der Waals surface area contributed by atoms with Crippen molar-refractivity contribution in [1.82, 2.24) is 15.0 Å². The number of aryl methyl sites for hydroxylation is 2. The lowest BCUT2D eigenvalue weighted by molar-refractivity contribution is -0.146. The molecule has 3 aromatic heterocycles. The van der Waals surface area contributed by atoms with Crippen LogP contribution in [0.2, 0.25) is 0 Å². The molecule has 3 heterocycles. The van der Waals surface area contributed by atoms with Crippen LogP contribution in [0.5, 0.6) is 0 Å². The Kier molecular flexibility index (Phi) is 6.39. The molecule has 0 saturated heterocycles. The van der Waals surface area contributed by atoms with Gasteiger partial charge >= 0.3 is 5.97 Å². The molecule has 1 aromatic carbocycles. The van der Waals surface area contributed by atoms with E-state index in [0.717, 1.165) is 32.9 Å². The molecule has 0 aliphatic heterocycles. The number of hydrogen-bond donors (Lipinski definition) is 3. The first-order valence-electron chi connectivity index (χ1n) is 11.4. The molecule has 1 aliphatic carbocycles. The Hall–Kier alpha value is -3.14. The lowest BCUT2D eigenvalue weighted by Crippen LogP contribution is -2.38. The Morgan fingerprint density at radius 3 is 2.80 bits per heavy atom. The molecule has 1 aliphatic rings. The fraction of sp³-hybridized carbons (Fsp3) is 0.308. The topological polar surface area (TPSA) is 108 Å². The summed E-state index contributed by atoms with van der Waals surface area (Å²) in [7, 11) is 0. The molecule has 0 spiro atoms. The molecule has 9 heteroatoms. The largest absolute Gasteiger partial charge is 0.481 e. The zero-order chi connectivity index (χ0) is 24.6. The maximum atomic E-state index is 11.9. The van der Waals surface area contributed by atoms with E-state index in [-0.39, 0.29) is 5.92 Å². The molecule has 4 aromatic rings. The van der Waals surface area contributed by atoms with E-state index in [1.54, 1.807) is 23.7 Å². The Labute approximate surface area is 211 Å². The number of thiophene rings is 1. The molecule has 3 atom stereocenters. The smallest absolute Gasteiger partial charge is 0.307 e. The van der Waals surface area contributed by atoms with Gasteiger partial charge in [0.15, 0.2) is 0 Å². The number of aliphatic hydroxyl groups is 1. The van der Waals surface area contributed by atoms with Crippen molar-refractivity contribution in [2.24, 2.45) is 5.92 Å². The maximum Gasteiger partial charge on any atom is 0.307 e. The molecular weight excluding hydrogens is 480 g/mol. The molecule has 180 valence electrons. The van der Waals surface area contributed by atoms with Crippen molar-refractivity contribution in [2.75, 3.05) is 5.32 Å². The van der Waals surface area contributed by atoms with Crippen molar-refractivity contribution in [2.45, 2.75) is 44.6 Å². The van der Waals surface area contributed by atoms with Crippen LogP contribution in [0.25, 0.3) is 10.4 Å². The first kappa shape index (κ1) is 23.6. The number of aliphatic carboxylic acids is 1. The zero-order valence-corrected chi connectivity index (χ0v) is 21.1. The third-order valence-electron chi connectivity index (χ3n) is 6.52. The summed E-state index contributed by atoms with van der Waals surface area (Å²) in [5, 5.41) is 29.2. The van der Waals surface area contributed by atoms with Gasteiger partial charge in [0.25, 0.3) is 0 Å². The van der Waals surface area contributed by atoms with Crippen LogP contribution in [0.4, 0.5) is 11.6 Å². The fourth-order valence-electron chi connectivity index (χ4n) is 4.79. The van der Waals surface area contributed by atoms with Gasteiger partial charge < -0.3 is 15.5 Å². The molecule has 7 nitrogen and oxygen atoms in total. The summed E-state index contributed by atoms with van der Waals surface area (Å²) in [5.41, 5.74) is 3.65. The highest BCUT2D eigenvalue weighted by Gasteiger charge is 2.45. The van der Waals surface area contributed by atoms with Crippen LogP contribution in [-0.4, -0.2) is 31.1 Å². The second-order valence-electron chi connectivity index (χ2n) is 9.15. The van der Waals surface area contributed by atoms with E-state index < -0.39 is 17.5 Å². The number of nitrogens with zero attached hydrogens (tertiary/aromatic N) is 3. The molecule has 35 heavy (non-hydrogen) atoms. The number of carboxylic acids is 1. The molecule has 0 bridgehead atoms. The van der Waals surface area contributed by atoms with Crippen LogP contribution in [0.15, 0.2) is 53.5 Å². The number of carboxylic acid groups (broad SMARTS) is 1. The number of thiazole rings is 1. The van der Waals surface area contributed by atoms with E-state index in [1.165, 1.54) is 11.3 Å². The van der Waals surface area contributed by atoms with Crippen LogP contribution < -0.4 is 5.32 Å². The van der Waals surface area contributed by atoms with Crippen LogP contribution in [0, 0.1) is 19.8 Å². The normalized spacial score (nSPS) is 22.1. The monoisotopic (exact) mass is 506 g/mol. The molecule has 1 saturated carbocycles. The van der Waals surface area contributed by atoms with Gasteiger partial charge in [0.1, 0.15) is 10.6 Å². The average molecular weight is 507 g/mol. The Balaban J connectivity index is 1.42. The Morgan fingerprint density at radius 1 is 1.20 bits per heavy atom. The van der Waals surface area contributed by atoms with E-state index in [4.69, 9.17) is 0 Å². The summed E-state index contributed by atoms with van der Waals surface area (Å²) >= 11 is 3.01. The van der Waals surface area contributed by atoms with Crippen molar-refractivity contribution in [1.29, 1.82) is 0 Å². The van der Waals surface area contributed by atoms with E-state index >= 15 is 0 Å². The summed E-state index contributed by atoms with van der Waals surface area (Å²) in [6, 6.07) is 9.95. The zero-order valence-electron chi connectivity index (χ0n) is 19.4. The summed E-state index contributed by atoms with van der Waals surface area (Å²) < 4.78 is 0. The van der Waals surface area contributed by atoms with Gasteiger partial charge in [-0.3, -0.25) is 4.79 Å². The van der Waals surface area contributed by atoms with Crippen molar-refractivity contribution in [3.63, 3.8) is 0 Å². The summed E-state index contributed by atoms with van der Waals surface area (Å²) in [5.74, 6) is -1.01. The van der Waals surface area contributed by atoms with E-state index in [9.17, 15) is 15.0 Å². The van der Waals surface area contributed by atoms with Crippen LogP contribution in [0.1, 0.15) is 47.0 Å². The summed E-state index contributed by atoms with van der Waals surface area (Å²) in [4.78, 5) is 26.2. The van der Waals surface area contributed by atoms with Crippen LogP contribution in [-0.2, 0) is 10.4 Å². The highest BCUT2D eigenvalue weighted by Crippen LogP contribution is 2.49. The third-order valence-corrected chi connectivity index (χ3v) is 8.46. The maximum absolute atomic E-state index is 11.9. The van der Waals surface area contributed by atoms with Gasteiger partial charge in [-0.1, -0.05) is 6.07 Å². The number of aromatic nitrogens is 3. The molecule has 0 radical (unpaired) electrons.